The standard InChI is InChI=1S/C16H13FN2O3/c1-19-13-7-10(5-6-14(13)22-9-15(19)20)16(21)18-12-4-2-3-11(17)8-12/h2-8H,9H2,1H3,(H,18,21). The SMILES string of the molecule is CN1C(=O)COc2ccc(C(=O)Nc3cccc(F)c3)cc21. The van der Waals surface area contributed by atoms with E-state index in [0.29, 0.717) is 22.7 Å². The third kappa shape index (κ3) is 2.63. The van der Waals surface area contributed by atoms with Crippen LogP contribution >= 0.6 is 0 Å². The fourth-order valence-corrected chi connectivity index (χ4v) is 2.18. The van der Waals surface area contributed by atoms with Crippen LogP contribution in [0.5, 0.6) is 5.75 Å². The van der Waals surface area contributed by atoms with Crippen molar-refractivity contribution in [2.45, 2.75) is 0 Å². The molecule has 6 heteroatoms. The summed E-state index contributed by atoms with van der Waals surface area (Å²) in [6.07, 6.45) is 0. The molecule has 1 N–H and O–H groups in total. The van der Waals surface area contributed by atoms with Crippen LogP contribution in [0.1, 0.15) is 10.4 Å². The number of hydrogen-bond acceptors (Lipinski definition) is 3. The second kappa shape index (κ2) is 5.48. The van der Waals surface area contributed by atoms with Crippen LogP contribution in [-0.2, 0) is 4.79 Å². The maximum atomic E-state index is 13.1. The van der Waals surface area contributed by atoms with Crippen molar-refractivity contribution in [1.82, 2.24) is 0 Å². The van der Waals surface area contributed by atoms with E-state index >= 15 is 0 Å². The van der Waals surface area contributed by atoms with Gasteiger partial charge in [0.25, 0.3) is 11.8 Å². The first-order chi connectivity index (χ1) is 10.5. The summed E-state index contributed by atoms with van der Waals surface area (Å²) in [4.78, 5) is 25.3. The van der Waals surface area contributed by atoms with Gasteiger partial charge in [-0.3, -0.25) is 9.59 Å². The minimum Gasteiger partial charge on any atom is -0.482 e. The molecule has 112 valence electrons. The zero-order valence-electron chi connectivity index (χ0n) is 11.8. The molecular weight excluding hydrogens is 287 g/mol. The topological polar surface area (TPSA) is 58.6 Å². The van der Waals surface area contributed by atoms with Crippen LogP contribution in [0.4, 0.5) is 15.8 Å². The number of rotatable bonds is 2. The zero-order chi connectivity index (χ0) is 15.7. The second-order valence-corrected chi connectivity index (χ2v) is 4.89. The van der Waals surface area contributed by atoms with Gasteiger partial charge in [0.2, 0.25) is 0 Å². The van der Waals surface area contributed by atoms with E-state index < -0.39 is 5.82 Å². The molecule has 3 rings (SSSR count). The molecule has 0 fully saturated rings. The molecule has 0 unspecified atom stereocenters. The molecule has 0 bridgehead atoms. The van der Waals surface area contributed by atoms with E-state index in [9.17, 15) is 14.0 Å². The highest BCUT2D eigenvalue weighted by Gasteiger charge is 2.23. The number of carbonyl (C=O) groups is 2. The molecule has 1 aliphatic rings. The smallest absolute Gasteiger partial charge is 0.264 e. The van der Waals surface area contributed by atoms with Crippen molar-refractivity contribution in [3.63, 3.8) is 0 Å². The number of likely N-dealkylation sites (N-methyl/N-ethyl adjacent to an activating group) is 1. The summed E-state index contributed by atoms with van der Waals surface area (Å²) in [7, 11) is 1.62. The number of amides is 2. The van der Waals surface area contributed by atoms with E-state index in [-0.39, 0.29) is 18.4 Å². The Morgan fingerprint density at radius 2 is 2.09 bits per heavy atom. The van der Waals surface area contributed by atoms with Crippen LogP contribution < -0.4 is 15.0 Å². The summed E-state index contributed by atoms with van der Waals surface area (Å²) in [5.74, 6) is -0.457. The Labute approximate surface area is 126 Å². The van der Waals surface area contributed by atoms with Crippen molar-refractivity contribution in [3.8, 4) is 5.75 Å². The van der Waals surface area contributed by atoms with Crippen molar-refractivity contribution in [3.05, 3.63) is 53.8 Å². The maximum Gasteiger partial charge on any atom is 0.264 e. The highest BCUT2D eigenvalue weighted by Crippen LogP contribution is 2.32. The monoisotopic (exact) mass is 300 g/mol. The van der Waals surface area contributed by atoms with E-state index in [1.165, 1.54) is 23.1 Å². The number of nitrogens with zero attached hydrogens (tertiary/aromatic N) is 1. The summed E-state index contributed by atoms with van der Waals surface area (Å²) >= 11 is 0. The number of ether oxygens (including phenoxy) is 1. The van der Waals surface area contributed by atoms with Crippen molar-refractivity contribution in [2.24, 2.45) is 0 Å². The predicted molar refractivity (Wildman–Crippen MR) is 79.7 cm³/mol. The molecule has 0 saturated carbocycles. The van der Waals surface area contributed by atoms with E-state index in [1.54, 1.807) is 31.3 Å². The Morgan fingerprint density at radius 1 is 1.27 bits per heavy atom. The van der Waals surface area contributed by atoms with Gasteiger partial charge < -0.3 is 15.0 Å². The fourth-order valence-electron chi connectivity index (χ4n) is 2.18. The summed E-state index contributed by atoms with van der Waals surface area (Å²) in [5.41, 5.74) is 1.25. The predicted octanol–water partition coefficient (Wildman–Crippen LogP) is 2.43. The lowest BCUT2D eigenvalue weighted by Crippen LogP contribution is -2.35. The van der Waals surface area contributed by atoms with Crippen molar-refractivity contribution in [1.29, 1.82) is 0 Å². The molecule has 0 atom stereocenters. The van der Waals surface area contributed by atoms with Crippen LogP contribution in [0.2, 0.25) is 0 Å². The summed E-state index contributed by atoms with van der Waals surface area (Å²) in [6.45, 7) is -0.0155. The summed E-state index contributed by atoms with van der Waals surface area (Å²) < 4.78 is 18.4. The highest BCUT2D eigenvalue weighted by atomic mass is 19.1. The van der Waals surface area contributed by atoms with Gasteiger partial charge >= 0.3 is 0 Å². The zero-order valence-corrected chi connectivity index (χ0v) is 11.8. The highest BCUT2D eigenvalue weighted by molar-refractivity contribution is 6.06. The first-order valence-electron chi connectivity index (χ1n) is 6.65. The number of hydrogen-bond donors (Lipinski definition) is 1. The Hall–Kier alpha value is -2.89. The summed E-state index contributed by atoms with van der Waals surface area (Å²) in [6, 6.07) is 10.4. The number of anilines is 2. The molecule has 0 radical (unpaired) electrons. The number of fused-ring (bicyclic) bond motifs is 1. The molecule has 1 heterocycles. The molecule has 2 aromatic carbocycles. The molecule has 0 aliphatic carbocycles. The molecule has 5 nitrogen and oxygen atoms in total. The van der Waals surface area contributed by atoms with Gasteiger partial charge in [0, 0.05) is 18.3 Å². The lowest BCUT2D eigenvalue weighted by Gasteiger charge is -2.26. The van der Waals surface area contributed by atoms with Crippen LogP contribution in [0.25, 0.3) is 0 Å². The molecule has 22 heavy (non-hydrogen) atoms. The quantitative estimate of drug-likeness (QED) is 0.926. The average molecular weight is 300 g/mol. The fraction of sp³-hybridized carbons (Fsp3) is 0.125. The first-order valence-corrected chi connectivity index (χ1v) is 6.65. The lowest BCUT2D eigenvalue weighted by atomic mass is 10.1. The first kappa shape index (κ1) is 14.1. The average Bonchev–Trinajstić information content (AvgIpc) is 2.51. The third-order valence-corrected chi connectivity index (χ3v) is 3.39. The van der Waals surface area contributed by atoms with Crippen LogP contribution in [-0.4, -0.2) is 25.5 Å². The van der Waals surface area contributed by atoms with Gasteiger partial charge in [-0.05, 0) is 36.4 Å². The number of benzene rings is 2. The minimum atomic E-state index is -0.429. The minimum absolute atomic E-state index is 0.0155. The van der Waals surface area contributed by atoms with Crippen LogP contribution in [0.3, 0.4) is 0 Å². The van der Waals surface area contributed by atoms with Gasteiger partial charge in [-0.15, -0.1) is 0 Å². The van der Waals surface area contributed by atoms with Gasteiger partial charge in [0.05, 0.1) is 5.69 Å². The van der Waals surface area contributed by atoms with Crippen molar-refractivity contribution >= 4 is 23.2 Å². The van der Waals surface area contributed by atoms with Crippen molar-refractivity contribution < 1.29 is 18.7 Å². The molecule has 2 amide bonds. The molecular formula is C16H13FN2O3. The van der Waals surface area contributed by atoms with Gasteiger partial charge in [-0.1, -0.05) is 6.07 Å². The van der Waals surface area contributed by atoms with Gasteiger partial charge in [-0.2, -0.15) is 0 Å². The number of nitrogens with one attached hydrogen (secondary N) is 1. The maximum absolute atomic E-state index is 13.1. The van der Waals surface area contributed by atoms with E-state index in [1.807, 2.05) is 0 Å². The lowest BCUT2D eigenvalue weighted by molar-refractivity contribution is -0.120. The van der Waals surface area contributed by atoms with Gasteiger partial charge in [-0.25, -0.2) is 4.39 Å². The van der Waals surface area contributed by atoms with Crippen molar-refractivity contribution in [2.75, 3.05) is 23.9 Å². The van der Waals surface area contributed by atoms with E-state index in [2.05, 4.69) is 5.32 Å². The molecule has 1 aliphatic heterocycles. The molecule has 0 saturated heterocycles. The van der Waals surface area contributed by atoms with Gasteiger partial charge in [0.1, 0.15) is 11.6 Å². The molecule has 2 aromatic rings. The third-order valence-electron chi connectivity index (χ3n) is 3.39. The van der Waals surface area contributed by atoms with Crippen LogP contribution in [0, 0.1) is 5.82 Å². The van der Waals surface area contributed by atoms with Crippen LogP contribution in [0.15, 0.2) is 42.5 Å². The van der Waals surface area contributed by atoms with E-state index in [0.717, 1.165) is 0 Å². The Bertz CT molecular complexity index is 761. The number of halogens is 1. The Morgan fingerprint density at radius 3 is 2.86 bits per heavy atom. The Kier molecular flexibility index (Phi) is 3.50. The van der Waals surface area contributed by atoms with Gasteiger partial charge in [0.15, 0.2) is 6.61 Å². The molecule has 0 aromatic heterocycles. The largest absolute Gasteiger partial charge is 0.482 e. The van der Waals surface area contributed by atoms with E-state index in [4.69, 9.17) is 4.74 Å². The summed E-state index contributed by atoms with van der Waals surface area (Å²) in [5, 5.41) is 2.61. The molecule has 0 spiro atoms. The number of carbonyl (C=O) groups excluding carboxylic acids is 2. The Balaban J connectivity index is 1.86. The normalized spacial score (nSPS) is 13.4. The second-order valence-electron chi connectivity index (χ2n) is 4.89.